The standard InChI is InChI=1S/C44H54FN4O10PS/c1-43(2,3)41(53)56-25-58-60(55,59-26-57-42(54)44(4,5)6)37(45)28-17-20-35-29(21-28)22-36(61-35)38(50)47-32-16-12-11-15-30-18-19-34(49(30)39(32)51)40(52)48-23-31(33(24-48)46-7)27-13-9-8-10-14-27/h8-10,13-14,17,20-22,30-34,37H,11-12,15-16,18-19,23-26H2,1-6H3,(H,47,50)/t30-,31+,32-,33-,34-,37+/m0/s1. The van der Waals surface area contributed by atoms with Crippen LogP contribution in [0.4, 0.5) is 4.39 Å². The summed E-state index contributed by atoms with van der Waals surface area (Å²) in [6.07, 6.45) is 3.86. The summed E-state index contributed by atoms with van der Waals surface area (Å²) in [4.78, 5) is 74.5. The van der Waals surface area contributed by atoms with Gasteiger partial charge >= 0.3 is 19.5 Å². The van der Waals surface area contributed by atoms with Gasteiger partial charge in [-0.25, -0.2) is 11.0 Å². The lowest BCUT2D eigenvalue weighted by atomic mass is 9.95. The van der Waals surface area contributed by atoms with Crippen molar-refractivity contribution in [2.75, 3.05) is 26.7 Å². The monoisotopic (exact) mass is 880 g/mol. The molecule has 0 saturated carbocycles. The van der Waals surface area contributed by atoms with Crippen LogP contribution in [-0.4, -0.2) is 90.3 Å². The van der Waals surface area contributed by atoms with Gasteiger partial charge < -0.3 is 29.4 Å². The maximum atomic E-state index is 16.3. The van der Waals surface area contributed by atoms with Crippen molar-refractivity contribution >= 4 is 58.7 Å². The van der Waals surface area contributed by atoms with Crippen molar-refractivity contribution in [3.8, 4) is 0 Å². The largest absolute Gasteiger partial charge is 0.438 e. The van der Waals surface area contributed by atoms with Gasteiger partial charge in [0.05, 0.1) is 28.2 Å². The zero-order chi connectivity index (χ0) is 44.3. The maximum Gasteiger partial charge on any atom is 0.374 e. The highest BCUT2D eigenvalue weighted by Crippen LogP contribution is 2.62. The first-order valence-corrected chi connectivity index (χ1v) is 23.0. The third kappa shape index (κ3) is 10.5. The van der Waals surface area contributed by atoms with Gasteiger partial charge in [-0.05, 0) is 102 Å². The lowest BCUT2D eigenvalue weighted by Crippen LogP contribution is -2.56. The molecule has 3 aliphatic heterocycles. The first kappa shape index (κ1) is 45.8. The third-order valence-electron chi connectivity index (χ3n) is 11.3. The average molecular weight is 881 g/mol. The second-order valence-corrected chi connectivity index (χ2v) is 21.0. The van der Waals surface area contributed by atoms with Crippen molar-refractivity contribution in [3.05, 3.63) is 82.0 Å². The minimum Gasteiger partial charge on any atom is -0.438 e. The van der Waals surface area contributed by atoms with E-state index in [0.717, 1.165) is 29.7 Å². The van der Waals surface area contributed by atoms with E-state index in [1.807, 2.05) is 30.3 Å². The summed E-state index contributed by atoms with van der Waals surface area (Å²) in [6.45, 7) is 16.3. The number of amides is 3. The normalized spacial score (nSPS) is 22.8. The second kappa shape index (κ2) is 18.7. The van der Waals surface area contributed by atoms with Crippen LogP contribution in [0.15, 0.2) is 54.6 Å². The molecular formula is C44H54FN4O10PS. The summed E-state index contributed by atoms with van der Waals surface area (Å²) in [5, 5.41) is 3.36. The number of likely N-dealkylation sites (tertiary alicyclic amines) is 1. The molecule has 3 fully saturated rings. The number of thiophene rings is 1. The van der Waals surface area contributed by atoms with Gasteiger partial charge in [0, 0.05) is 17.3 Å². The minimum atomic E-state index is -4.81. The van der Waals surface area contributed by atoms with E-state index in [0.29, 0.717) is 48.9 Å². The lowest BCUT2D eigenvalue weighted by Gasteiger charge is -2.36. The van der Waals surface area contributed by atoms with Crippen LogP contribution in [0.2, 0.25) is 0 Å². The number of carbonyl (C=O) groups excluding carboxylic acids is 5. The van der Waals surface area contributed by atoms with Crippen molar-refractivity contribution in [1.82, 2.24) is 15.1 Å². The Morgan fingerprint density at radius 1 is 0.902 bits per heavy atom. The number of esters is 2. The molecule has 2 aromatic carbocycles. The van der Waals surface area contributed by atoms with Crippen LogP contribution < -0.4 is 5.32 Å². The number of hydrogen-bond donors (Lipinski definition) is 1. The Balaban J connectivity index is 1.16. The topological polar surface area (TPSA) is 162 Å². The summed E-state index contributed by atoms with van der Waals surface area (Å²) >= 11 is 1.12. The number of benzene rings is 2. The number of halogens is 1. The van der Waals surface area contributed by atoms with E-state index in [2.05, 4.69) is 10.2 Å². The van der Waals surface area contributed by atoms with Gasteiger partial charge in [-0.1, -0.05) is 49.2 Å². The van der Waals surface area contributed by atoms with Crippen LogP contribution in [0.5, 0.6) is 0 Å². The Kier molecular flexibility index (Phi) is 14.1. The van der Waals surface area contributed by atoms with Crippen molar-refractivity contribution in [1.29, 1.82) is 0 Å². The molecule has 0 unspecified atom stereocenters. The zero-order valence-corrected chi connectivity index (χ0v) is 37.1. The minimum absolute atomic E-state index is 0.121. The molecule has 17 heteroatoms. The predicted molar refractivity (Wildman–Crippen MR) is 226 cm³/mol. The first-order valence-electron chi connectivity index (χ1n) is 20.5. The van der Waals surface area contributed by atoms with Crippen LogP contribution in [-0.2, 0) is 42.3 Å². The number of rotatable bonds is 12. The van der Waals surface area contributed by atoms with Crippen LogP contribution in [0.25, 0.3) is 14.9 Å². The van der Waals surface area contributed by atoms with E-state index in [1.54, 1.807) is 57.4 Å². The molecule has 3 saturated heterocycles. The van der Waals surface area contributed by atoms with Crippen molar-refractivity contribution in [3.63, 3.8) is 0 Å². The quantitative estimate of drug-likeness (QED) is 0.0814. The summed E-state index contributed by atoms with van der Waals surface area (Å²) < 4.78 is 51.4. The van der Waals surface area contributed by atoms with E-state index >= 15 is 4.39 Å². The Morgan fingerprint density at radius 3 is 2.16 bits per heavy atom. The van der Waals surface area contributed by atoms with E-state index in [9.17, 15) is 28.5 Å². The van der Waals surface area contributed by atoms with Crippen LogP contribution >= 0.6 is 18.9 Å². The molecule has 0 aliphatic carbocycles. The smallest absolute Gasteiger partial charge is 0.374 e. The summed E-state index contributed by atoms with van der Waals surface area (Å²) in [5.41, 5.74) is -0.978. The van der Waals surface area contributed by atoms with Crippen molar-refractivity contribution in [2.24, 2.45) is 10.8 Å². The van der Waals surface area contributed by atoms with E-state index < -0.39 is 67.9 Å². The molecule has 328 valence electrons. The van der Waals surface area contributed by atoms with Gasteiger partial charge in [0.2, 0.25) is 37.4 Å². The molecule has 61 heavy (non-hydrogen) atoms. The molecule has 6 rings (SSSR count). The van der Waals surface area contributed by atoms with Gasteiger partial charge in [-0.15, -0.1) is 11.3 Å². The number of hydrogen-bond acceptors (Lipinski definition) is 11. The first-order chi connectivity index (χ1) is 28.8. The number of alkyl halides is 1. The molecular weight excluding hydrogens is 827 g/mol. The van der Waals surface area contributed by atoms with Crippen LogP contribution in [0.1, 0.15) is 113 Å². The van der Waals surface area contributed by atoms with Crippen LogP contribution in [0.3, 0.4) is 0 Å². The molecule has 3 amide bonds. The molecule has 0 bridgehead atoms. The second-order valence-electron chi connectivity index (χ2n) is 17.9. The van der Waals surface area contributed by atoms with E-state index in [4.69, 9.17) is 25.1 Å². The number of nitrogens with zero attached hydrogens (tertiary/aromatic N) is 3. The fraction of sp³-hybridized carbons (Fsp3) is 0.545. The molecule has 3 aromatic rings. The molecule has 1 aromatic heterocycles. The third-order valence-corrected chi connectivity index (χ3v) is 14.2. The average Bonchev–Trinajstić information content (AvgIpc) is 3.97. The molecule has 6 atom stereocenters. The highest BCUT2D eigenvalue weighted by molar-refractivity contribution is 7.54. The molecule has 14 nitrogen and oxygen atoms in total. The predicted octanol–water partition coefficient (Wildman–Crippen LogP) is 8.14. The summed E-state index contributed by atoms with van der Waals surface area (Å²) in [6, 6.07) is 13.5. The Bertz CT molecular complexity index is 2180. The maximum absolute atomic E-state index is 16.3. The Hall–Kier alpha value is -4.68. The van der Waals surface area contributed by atoms with Crippen molar-refractivity contribution < 1.29 is 51.4 Å². The number of fused-ring (bicyclic) bond motifs is 2. The van der Waals surface area contributed by atoms with Crippen molar-refractivity contribution in [2.45, 2.75) is 116 Å². The highest BCUT2D eigenvalue weighted by Gasteiger charge is 2.49. The van der Waals surface area contributed by atoms with E-state index in [1.165, 1.54) is 18.2 Å². The van der Waals surface area contributed by atoms with Gasteiger partial charge in [0.1, 0.15) is 12.1 Å². The molecule has 4 heterocycles. The number of carbonyl (C=O) groups is 5. The Labute approximate surface area is 359 Å². The fourth-order valence-corrected chi connectivity index (χ4v) is 10.1. The molecule has 3 aliphatic rings. The Morgan fingerprint density at radius 2 is 1.54 bits per heavy atom. The summed E-state index contributed by atoms with van der Waals surface area (Å²) in [7, 11) is -4.81. The van der Waals surface area contributed by atoms with E-state index in [-0.39, 0.29) is 40.3 Å². The van der Waals surface area contributed by atoms with Gasteiger partial charge in [-0.3, -0.25) is 37.6 Å². The van der Waals surface area contributed by atoms with Crippen LogP contribution in [0, 0.1) is 17.4 Å². The van der Waals surface area contributed by atoms with Gasteiger partial charge in [-0.2, -0.15) is 0 Å². The van der Waals surface area contributed by atoms with Gasteiger partial charge in [0.25, 0.3) is 5.91 Å². The lowest BCUT2D eigenvalue weighted by molar-refractivity contribution is -0.162. The fourth-order valence-electron chi connectivity index (χ4n) is 7.89. The summed E-state index contributed by atoms with van der Waals surface area (Å²) in [5.74, 6) is -4.91. The SMILES string of the molecule is [C-]#[N+][C@H]1CN(C(=O)[C@@H]2CC[C@@H]3CCCC[C@H](NC(=O)c4cc5cc([C@H](F)P(=O)(OCOC(=O)C(C)(C)C)OCOC(=O)C(C)(C)C)ccc5s4)C(=O)N32)C[C@@H]1c1ccccc1. The van der Waals surface area contributed by atoms with Gasteiger partial charge in [0.15, 0.2) is 0 Å². The molecule has 0 spiro atoms. The molecule has 0 radical (unpaired) electrons. The zero-order valence-electron chi connectivity index (χ0n) is 35.4. The highest BCUT2D eigenvalue weighted by atomic mass is 32.1. The number of ether oxygens (including phenoxy) is 2. The number of nitrogens with one attached hydrogen (secondary N) is 1. The molecule has 1 N–H and O–H groups in total.